The van der Waals surface area contributed by atoms with Crippen LogP contribution in [-0.4, -0.2) is 11.8 Å². The predicted molar refractivity (Wildman–Crippen MR) is 125 cm³/mol. The lowest BCUT2D eigenvalue weighted by atomic mass is 9.73. The third-order valence-electron chi connectivity index (χ3n) is 7.06. The summed E-state index contributed by atoms with van der Waals surface area (Å²) in [6, 6.07) is 28.2. The molecule has 0 aromatic heterocycles. The average molecular weight is 470 g/mol. The summed E-state index contributed by atoms with van der Waals surface area (Å²) in [6.07, 6.45) is 0.870. The van der Waals surface area contributed by atoms with Gasteiger partial charge in [0.25, 0.3) is 0 Å². The summed E-state index contributed by atoms with van der Waals surface area (Å²) in [7, 11) is 0. The largest absolute Gasteiger partial charge is 0.274 e. The number of fused-ring (bicyclic) bond motifs is 5. The van der Waals surface area contributed by atoms with Gasteiger partial charge in [0.2, 0.25) is 11.8 Å². The van der Waals surface area contributed by atoms with Crippen LogP contribution >= 0.6 is 15.9 Å². The Morgan fingerprint density at radius 3 is 1.55 bits per heavy atom. The highest BCUT2D eigenvalue weighted by atomic mass is 79.9. The number of anilines is 1. The molecule has 4 unspecified atom stereocenters. The van der Waals surface area contributed by atoms with Gasteiger partial charge in [-0.1, -0.05) is 76.6 Å². The van der Waals surface area contributed by atoms with E-state index in [1.54, 1.807) is 0 Å². The molecule has 2 fully saturated rings. The van der Waals surface area contributed by atoms with E-state index in [1.165, 1.54) is 16.0 Å². The lowest BCUT2D eigenvalue weighted by molar-refractivity contribution is -0.123. The van der Waals surface area contributed by atoms with Crippen molar-refractivity contribution in [3.8, 4) is 0 Å². The summed E-state index contributed by atoms with van der Waals surface area (Å²) in [5, 5.41) is 0. The number of carbonyl (C=O) groups excluding carboxylic acids is 2. The van der Waals surface area contributed by atoms with Gasteiger partial charge in [-0.25, -0.2) is 0 Å². The van der Waals surface area contributed by atoms with Gasteiger partial charge in [0.15, 0.2) is 0 Å². The molecular formula is C27H20BrNO2. The van der Waals surface area contributed by atoms with E-state index < -0.39 is 0 Å². The van der Waals surface area contributed by atoms with Crippen molar-refractivity contribution in [2.24, 2.45) is 23.7 Å². The second-order valence-corrected chi connectivity index (χ2v) is 9.46. The normalized spacial score (nSPS) is 26.7. The number of allylic oxidation sites excluding steroid dienone is 2. The molecule has 0 spiro atoms. The molecule has 1 saturated heterocycles. The summed E-state index contributed by atoms with van der Waals surface area (Å²) in [4.78, 5) is 28.6. The highest BCUT2D eigenvalue weighted by Crippen LogP contribution is 2.63. The standard InChI is InChI=1S/C27H20BrNO2/c28-18-11-13-19(14-12-18)29-26(30)24-20-15-21(25(24)27(29)31)23(17-9-5-2-6-10-17)22(20)16-7-3-1-4-8-16/h1-14,20-21,24-25H,15H2. The van der Waals surface area contributed by atoms with Gasteiger partial charge in [-0.15, -0.1) is 0 Å². The maximum absolute atomic E-state index is 13.6. The van der Waals surface area contributed by atoms with Crippen LogP contribution in [0, 0.1) is 23.7 Å². The first-order valence-electron chi connectivity index (χ1n) is 10.6. The SMILES string of the molecule is O=C1C2C3CC(C(c4ccccc4)=C3c3ccccc3)C2C(=O)N1c1ccc(Br)cc1. The van der Waals surface area contributed by atoms with E-state index in [2.05, 4.69) is 40.2 Å². The molecule has 2 bridgehead atoms. The van der Waals surface area contributed by atoms with Gasteiger partial charge in [-0.2, -0.15) is 0 Å². The Kier molecular flexibility index (Phi) is 4.25. The van der Waals surface area contributed by atoms with Gasteiger partial charge >= 0.3 is 0 Å². The minimum atomic E-state index is -0.274. The number of amides is 2. The van der Waals surface area contributed by atoms with Crippen molar-refractivity contribution in [3.05, 3.63) is 101 Å². The van der Waals surface area contributed by atoms with Crippen LogP contribution in [0.5, 0.6) is 0 Å². The van der Waals surface area contributed by atoms with Crippen molar-refractivity contribution in [1.29, 1.82) is 0 Å². The van der Waals surface area contributed by atoms with Gasteiger partial charge in [0.05, 0.1) is 17.5 Å². The Balaban J connectivity index is 1.49. The number of rotatable bonds is 3. The van der Waals surface area contributed by atoms with Crippen molar-refractivity contribution in [1.82, 2.24) is 0 Å². The Labute approximate surface area is 189 Å². The maximum Gasteiger partial charge on any atom is 0.238 e. The van der Waals surface area contributed by atoms with Crippen LogP contribution in [0.3, 0.4) is 0 Å². The zero-order chi connectivity index (χ0) is 21.1. The number of benzene rings is 3. The Bertz CT molecular complexity index is 1140. The van der Waals surface area contributed by atoms with Gasteiger partial charge in [-0.3, -0.25) is 14.5 Å². The third kappa shape index (κ3) is 2.71. The number of carbonyl (C=O) groups is 2. The van der Waals surface area contributed by atoms with E-state index in [-0.39, 0.29) is 35.5 Å². The van der Waals surface area contributed by atoms with Gasteiger partial charge in [0, 0.05) is 4.47 Å². The van der Waals surface area contributed by atoms with Gasteiger partial charge in [0.1, 0.15) is 0 Å². The van der Waals surface area contributed by atoms with Crippen molar-refractivity contribution in [2.75, 3.05) is 4.90 Å². The summed E-state index contributed by atoms with van der Waals surface area (Å²) < 4.78 is 0.926. The molecule has 1 heterocycles. The van der Waals surface area contributed by atoms with Crippen LogP contribution in [0.25, 0.3) is 11.1 Å². The molecule has 2 aliphatic carbocycles. The van der Waals surface area contributed by atoms with Crippen molar-refractivity contribution >= 4 is 44.6 Å². The minimum absolute atomic E-state index is 0.0506. The van der Waals surface area contributed by atoms with E-state index in [4.69, 9.17) is 0 Å². The van der Waals surface area contributed by atoms with Crippen LogP contribution in [0.4, 0.5) is 5.69 Å². The lowest BCUT2D eigenvalue weighted by Gasteiger charge is -2.27. The second kappa shape index (κ2) is 7.03. The van der Waals surface area contributed by atoms with E-state index in [1.807, 2.05) is 60.7 Å². The van der Waals surface area contributed by atoms with Crippen molar-refractivity contribution in [3.63, 3.8) is 0 Å². The van der Waals surface area contributed by atoms with Crippen LogP contribution in [-0.2, 0) is 9.59 Å². The van der Waals surface area contributed by atoms with E-state index in [0.717, 1.165) is 22.0 Å². The predicted octanol–water partition coefficient (Wildman–Crippen LogP) is 5.82. The van der Waals surface area contributed by atoms with Crippen molar-refractivity contribution < 1.29 is 9.59 Å². The second-order valence-electron chi connectivity index (χ2n) is 8.55. The molecule has 1 saturated carbocycles. The fourth-order valence-corrected chi connectivity index (χ4v) is 6.20. The summed E-state index contributed by atoms with van der Waals surface area (Å²) in [6.45, 7) is 0. The zero-order valence-electron chi connectivity index (χ0n) is 16.7. The molecule has 3 nitrogen and oxygen atoms in total. The molecule has 1 aliphatic heterocycles. The lowest BCUT2D eigenvalue weighted by Crippen LogP contribution is -2.32. The molecule has 3 aromatic carbocycles. The smallest absolute Gasteiger partial charge is 0.238 e. The maximum atomic E-state index is 13.6. The number of hydrogen-bond acceptors (Lipinski definition) is 2. The van der Waals surface area contributed by atoms with Crippen LogP contribution in [0.15, 0.2) is 89.4 Å². The molecule has 0 radical (unpaired) electrons. The number of imide groups is 1. The fourth-order valence-electron chi connectivity index (χ4n) is 5.94. The summed E-state index contributed by atoms with van der Waals surface area (Å²) in [5.74, 6) is -0.502. The van der Waals surface area contributed by atoms with Crippen LogP contribution in [0.2, 0.25) is 0 Å². The minimum Gasteiger partial charge on any atom is -0.274 e. The monoisotopic (exact) mass is 469 g/mol. The summed E-state index contributed by atoms with van der Waals surface area (Å²) in [5.41, 5.74) is 5.48. The Hall–Kier alpha value is -2.98. The topological polar surface area (TPSA) is 37.4 Å². The zero-order valence-corrected chi connectivity index (χ0v) is 18.3. The molecule has 4 heteroatoms. The molecule has 3 aliphatic rings. The fraction of sp³-hybridized carbons (Fsp3) is 0.185. The van der Waals surface area contributed by atoms with Gasteiger partial charge in [-0.05, 0) is 64.8 Å². The first-order valence-corrected chi connectivity index (χ1v) is 11.4. The van der Waals surface area contributed by atoms with Crippen molar-refractivity contribution in [2.45, 2.75) is 6.42 Å². The highest BCUT2D eigenvalue weighted by Gasteiger charge is 2.64. The molecule has 3 aromatic rings. The Morgan fingerprint density at radius 1 is 0.645 bits per heavy atom. The van der Waals surface area contributed by atoms with Crippen LogP contribution < -0.4 is 4.90 Å². The van der Waals surface area contributed by atoms with Gasteiger partial charge < -0.3 is 0 Å². The number of nitrogens with zero attached hydrogens (tertiary/aromatic N) is 1. The first-order chi connectivity index (χ1) is 15.1. The quantitative estimate of drug-likeness (QED) is 0.453. The van der Waals surface area contributed by atoms with E-state index >= 15 is 0 Å². The number of hydrogen-bond donors (Lipinski definition) is 0. The van der Waals surface area contributed by atoms with E-state index in [9.17, 15) is 9.59 Å². The molecular weight excluding hydrogens is 450 g/mol. The van der Waals surface area contributed by atoms with E-state index in [0.29, 0.717) is 5.69 Å². The molecule has 4 atom stereocenters. The molecule has 6 rings (SSSR count). The average Bonchev–Trinajstić information content (AvgIpc) is 3.45. The third-order valence-corrected chi connectivity index (χ3v) is 7.59. The molecule has 0 N–H and O–H groups in total. The molecule has 31 heavy (non-hydrogen) atoms. The molecule has 2 amide bonds. The Morgan fingerprint density at radius 2 is 1.10 bits per heavy atom. The number of halogens is 1. The van der Waals surface area contributed by atoms with Crippen LogP contribution in [0.1, 0.15) is 17.5 Å². The highest BCUT2D eigenvalue weighted by molar-refractivity contribution is 9.10. The molecule has 152 valence electrons. The summed E-state index contributed by atoms with van der Waals surface area (Å²) >= 11 is 3.43. The first kappa shape index (κ1) is 18.8.